The van der Waals surface area contributed by atoms with Gasteiger partial charge in [0.05, 0.1) is 13.7 Å². The Morgan fingerprint density at radius 2 is 1.86 bits per heavy atom. The van der Waals surface area contributed by atoms with Gasteiger partial charge in [-0.25, -0.2) is 19.3 Å². The van der Waals surface area contributed by atoms with Crippen LogP contribution in [0.3, 0.4) is 0 Å². The first kappa shape index (κ1) is 23.1. The Labute approximate surface area is 207 Å². The van der Waals surface area contributed by atoms with E-state index in [9.17, 15) is 4.79 Å². The molecule has 1 aliphatic heterocycles. The Morgan fingerprint density at radius 3 is 2.57 bits per heavy atom. The Balaban J connectivity index is 1.48. The number of rotatable bonds is 7. The van der Waals surface area contributed by atoms with Gasteiger partial charge in [-0.2, -0.15) is 4.98 Å². The molecule has 0 N–H and O–H groups in total. The van der Waals surface area contributed by atoms with E-state index in [-0.39, 0.29) is 5.56 Å². The molecule has 0 aliphatic carbocycles. The summed E-state index contributed by atoms with van der Waals surface area (Å²) in [5.41, 5.74) is 1.51. The van der Waals surface area contributed by atoms with Crippen molar-refractivity contribution in [2.75, 3.05) is 45.2 Å². The molecular weight excluding hydrogens is 462 g/mol. The minimum atomic E-state index is -0.197. The van der Waals surface area contributed by atoms with Crippen molar-refractivity contribution in [3.8, 4) is 11.7 Å². The first-order chi connectivity index (χ1) is 17.1. The third kappa shape index (κ3) is 4.67. The second-order valence-corrected chi connectivity index (χ2v) is 9.34. The maximum absolute atomic E-state index is 13.1. The van der Waals surface area contributed by atoms with Crippen LogP contribution in [-0.4, -0.2) is 69.6 Å². The fourth-order valence-electron chi connectivity index (χ4n) is 4.11. The number of hydrogen-bond acceptors (Lipinski definition) is 8. The monoisotopic (exact) mass is 489 g/mol. The number of hydrogen-bond donors (Lipinski definition) is 0. The third-order valence-corrected chi connectivity index (χ3v) is 6.89. The van der Waals surface area contributed by atoms with Crippen LogP contribution in [0.2, 0.25) is 0 Å². The molecule has 0 saturated carbocycles. The smallest absolute Gasteiger partial charge is 0.278 e. The second-order valence-electron chi connectivity index (χ2n) is 8.30. The lowest BCUT2D eigenvalue weighted by Crippen LogP contribution is -2.44. The highest BCUT2D eigenvalue weighted by molar-refractivity contribution is 7.99. The lowest BCUT2D eigenvalue weighted by molar-refractivity contribution is 0.313. The van der Waals surface area contributed by atoms with E-state index in [1.807, 2.05) is 12.1 Å². The van der Waals surface area contributed by atoms with E-state index in [0.29, 0.717) is 34.4 Å². The molecule has 0 bridgehead atoms. The van der Waals surface area contributed by atoms with E-state index >= 15 is 0 Å². The van der Waals surface area contributed by atoms with Gasteiger partial charge < -0.3 is 14.5 Å². The van der Waals surface area contributed by atoms with Crippen LogP contribution < -0.4 is 15.2 Å². The van der Waals surface area contributed by atoms with Crippen molar-refractivity contribution < 1.29 is 4.74 Å². The second kappa shape index (κ2) is 9.93. The quantitative estimate of drug-likeness (QED) is 0.289. The maximum Gasteiger partial charge on any atom is 0.278 e. The molecule has 0 unspecified atom stereocenters. The average Bonchev–Trinajstić information content (AvgIpc) is 3.16. The number of fused-ring (bicyclic) bond motifs is 1. The number of ether oxygens (including phenoxy) is 1. The minimum Gasteiger partial charge on any atom is -0.481 e. The highest BCUT2D eigenvalue weighted by Gasteiger charge is 2.19. The molecule has 9 nitrogen and oxygen atoms in total. The number of benzene rings is 1. The molecule has 5 rings (SSSR count). The molecule has 35 heavy (non-hydrogen) atoms. The minimum absolute atomic E-state index is 0.197. The van der Waals surface area contributed by atoms with Crippen LogP contribution in [0.4, 0.5) is 5.69 Å². The number of methoxy groups -OCH3 is 1. The zero-order chi connectivity index (χ0) is 24.4. The molecular formula is C25H27N7O2S. The van der Waals surface area contributed by atoms with Crippen LogP contribution in [0.5, 0.6) is 5.88 Å². The highest BCUT2D eigenvalue weighted by atomic mass is 32.2. The normalized spacial score (nSPS) is 14.4. The number of pyridine rings is 1. The molecule has 1 saturated heterocycles. The number of likely N-dealkylation sites (N-methyl/N-ethyl adjacent to an activating group) is 1. The number of piperazine rings is 1. The van der Waals surface area contributed by atoms with Gasteiger partial charge in [0.2, 0.25) is 5.88 Å². The van der Waals surface area contributed by atoms with Crippen LogP contribution in [0, 0.1) is 0 Å². The van der Waals surface area contributed by atoms with Crippen molar-refractivity contribution in [2.24, 2.45) is 0 Å². The summed E-state index contributed by atoms with van der Waals surface area (Å²) in [7, 11) is 3.71. The Kier molecular flexibility index (Phi) is 6.56. The van der Waals surface area contributed by atoms with Gasteiger partial charge in [-0.3, -0.25) is 4.79 Å². The maximum atomic E-state index is 13.1. The predicted octanol–water partition coefficient (Wildman–Crippen LogP) is 3.07. The molecule has 4 heterocycles. The SMILES string of the molecule is C=CCn1c(=O)c2cnc(Sc3ccc(N4CCN(C)CC4)cc3)nc2n1-c1cccc(OC)n1. The first-order valence-corrected chi connectivity index (χ1v) is 12.2. The van der Waals surface area contributed by atoms with Crippen LogP contribution in [0.15, 0.2) is 76.2 Å². The zero-order valence-electron chi connectivity index (χ0n) is 19.8. The fourth-order valence-corrected chi connectivity index (χ4v) is 4.83. The molecule has 4 aromatic rings. The Hall–Kier alpha value is -3.63. The lowest BCUT2D eigenvalue weighted by atomic mass is 10.2. The fraction of sp³-hybridized carbons (Fsp3) is 0.280. The Morgan fingerprint density at radius 1 is 1.09 bits per heavy atom. The van der Waals surface area contributed by atoms with E-state index in [0.717, 1.165) is 31.1 Å². The number of anilines is 1. The first-order valence-electron chi connectivity index (χ1n) is 11.4. The van der Waals surface area contributed by atoms with E-state index in [1.54, 1.807) is 34.8 Å². The summed E-state index contributed by atoms with van der Waals surface area (Å²) in [6, 6.07) is 13.9. The highest BCUT2D eigenvalue weighted by Crippen LogP contribution is 2.28. The van der Waals surface area contributed by atoms with Crippen LogP contribution in [-0.2, 0) is 6.54 Å². The van der Waals surface area contributed by atoms with Crippen LogP contribution in [0.25, 0.3) is 16.9 Å². The van der Waals surface area contributed by atoms with Gasteiger partial charge in [-0.05, 0) is 49.1 Å². The van der Waals surface area contributed by atoms with E-state index in [2.05, 4.69) is 57.7 Å². The number of aromatic nitrogens is 5. The van der Waals surface area contributed by atoms with Crippen LogP contribution >= 0.6 is 11.8 Å². The zero-order valence-corrected chi connectivity index (χ0v) is 20.6. The summed E-state index contributed by atoms with van der Waals surface area (Å²) < 4.78 is 8.53. The van der Waals surface area contributed by atoms with Gasteiger partial charge in [0.1, 0.15) is 5.39 Å². The molecule has 3 aromatic heterocycles. The van der Waals surface area contributed by atoms with Crippen molar-refractivity contribution in [1.82, 2.24) is 29.2 Å². The standard InChI is InChI=1S/C25H27N7O2S/c1-4-12-31-24(33)20-17-26-25(28-23(20)32(31)21-6-5-7-22(27-21)34-3)35-19-10-8-18(9-11-19)30-15-13-29(2)14-16-30/h4-11,17H,1,12-16H2,2-3H3. The Bertz CT molecular complexity index is 1410. The molecule has 1 fully saturated rings. The summed E-state index contributed by atoms with van der Waals surface area (Å²) in [5, 5.41) is 0.975. The molecule has 180 valence electrons. The van der Waals surface area contributed by atoms with Crippen molar-refractivity contribution >= 4 is 28.5 Å². The molecule has 10 heteroatoms. The summed E-state index contributed by atoms with van der Waals surface area (Å²) in [6.45, 7) is 8.29. The van der Waals surface area contributed by atoms with Crippen molar-refractivity contribution in [2.45, 2.75) is 16.6 Å². The van der Waals surface area contributed by atoms with Crippen LogP contribution in [0.1, 0.15) is 0 Å². The van der Waals surface area contributed by atoms with Crippen molar-refractivity contribution in [3.63, 3.8) is 0 Å². The predicted molar refractivity (Wildman–Crippen MR) is 138 cm³/mol. The van der Waals surface area contributed by atoms with Gasteiger partial charge >= 0.3 is 0 Å². The molecule has 0 radical (unpaired) electrons. The van der Waals surface area contributed by atoms with Gasteiger partial charge in [-0.15, -0.1) is 6.58 Å². The number of allylic oxidation sites excluding steroid dienone is 1. The molecule has 1 aromatic carbocycles. The van der Waals surface area contributed by atoms with Crippen molar-refractivity contribution in [3.05, 3.63) is 71.7 Å². The van der Waals surface area contributed by atoms with Gasteiger partial charge in [0.15, 0.2) is 16.6 Å². The average molecular weight is 490 g/mol. The molecule has 1 aliphatic rings. The summed E-state index contributed by atoms with van der Waals surface area (Å²) in [6.07, 6.45) is 3.25. The molecule has 0 amide bonds. The third-order valence-electron chi connectivity index (χ3n) is 6.00. The molecule has 0 atom stereocenters. The van der Waals surface area contributed by atoms with Gasteiger partial charge in [0.25, 0.3) is 5.56 Å². The summed E-state index contributed by atoms with van der Waals surface area (Å²) >= 11 is 1.46. The van der Waals surface area contributed by atoms with E-state index in [1.165, 1.54) is 17.4 Å². The van der Waals surface area contributed by atoms with E-state index < -0.39 is 0 Å². The lowest BCUT2D eigenvalue weighted by Gasteiger charge is -2.34. The largest absolute Gasteiger partial charge is 0.481 e. The van der Waals surface area contributed by atoms with Gasteiger partial charge in [0, 0.05) is 49.0 Å². The molecule has 0 spiro atoms. The summed E-state index contributed by atoms with van der Waals surface area (Å²) in [5.74, 6) is 0.982. The topological polar surface area (TPSA) is 81.3 Å². The van der Waals surface area contributed by atoms with Gasteiger partial charge in [-0.1, -0.05) is 12.1 Å². The number of nitrogens with zero attached hydrogens (tertiary/aromatic N) is 7. The summed E-state index contributed by atoms with van der Waals surface area (Å²) in [4.78, 5) is 32.6. The van der Waals surface area contributed by atoms with Crippen molar-refractivity contribution in [1.29, 1.82) is 0 Å². The van der Waals surface area contributed by atoms with E-state index in [4.69, 9.17) is 9.72 Å².